The summed E-state index contributed by atoms with van der Waals surface area (Å²) in [5.74, 6) is 1.19. The molecule has 0 fully saturated rings. The molecule has 0 bridgehead atoms. The van der Waals surface area contributed by atoms with Crippen LogP contribution in [0.2, 0.25) is 5.02 Å². The Hall–Kier alpha value is -2.86. The number of amides is 1. The van der Waals surface area contributed by atoms with Crippen molar-refractivity contribution < 1.29 is 14.1 Å². The van der Waals surface area contributed by atoms with Crippen LogP contribution in [-0.2, 0) is 11.3 Å². The summed E-state index contributed by atoms with van der Waals surface area (Å²) in [5.41, 5.74) is 2.02. The van der Waals surface area contributed by atoms with Crippen molar-refractivity contribution in [3.8, 4) is 17.1 Å². The predicted octanol–water partition coefficient (Wildman–Crippen LogP) is 4.12. The number of rotatable bonds is 6. The number of hydrogen-bond donors (Lipinski definition) is 0. The van der Waals surface area contributed by atoms with Crippen LogP contribution in [0.25, 0.3) is 11.4 Å². The van der Waals surface area contributed by atoms with E-state index in [9.17, 15) is 4.79 Å². The summed E-state index contributed by atoms with van der Waals surface area (Å²) in [4.78, 5) is 18.4. The van der Waals surface area contributed by atoms with Gasteiger partial charge >= 0.3 is 0 Å². The van der Waals surface area contributed by atoms with E-state index >= 15 is 0 Å². The number of likely N-dealkylation sites (N-methyl/N-ethyl adjacent to an activating group) is 1. The molecule has 0 N–H and O–H groups in total. The Morgan fingerprint density at radius 1 is 1.26 bits per heavy atom. The zero-order chi connectivity index (χ0) is 19.4. The molecule has 1 unspecified atom stereocenters. The summed E-state index contributed by atoms with van der Waals surface area (Å²) in [6.45, 7) is 3.89. The van der Waals surface area contributed by atoms with Gasteiger partial charge in [0.15, 0.2) is 6.10 Å². The number of carbonyl (C=O) groups excluding carboxylic acids is 1. The minimum atomic E-state index is -0.673. The van der Waals surface area contributed by atoms with Crippen LogP contribution < -0.4 is 4.74 Å². The van der Waals surface area contributed by atoms with E-state index in [1.54, 1.807) is 38.2 Å². The van der Waals surface area contributed by atoms with Crippen molar-refractivity contribution in [2.75, 3.05) is 7.05 Å². The highest BCUT2D eigenvalue weighted by atomic mass is 35.5. The molecule has 140 valence electrons. The molecule has 1 amide bonds. The van der Waals surface area contributed by atoms with Gasteiger partial charge < -0.3 is 14.2 Å². The molecular weight excluding hydrogens is 366 g/mol. The van der Waals surface area contributed by atoms with Gasteiger partial charge in [-0.15, -0.1) is 0 Å². The van der Waals surface area contributed by atoms with Crippen molar-refractivity contribution in [3.63, 3.8) is 0 Å². The molecule has 3 rings (SSSR count). The number of hydrogen-bond acceptors (Lipinski definition) is 5. The quantitative estimate of drug-likeness (QED) is 0.638. The average Bonchev–Trinajstić information content (AvgIpc) is 3.10. The highest BCUT2D eigenvalue weighted by Gasteiger charge is 2.21. The fraction of sp³-hybridized carbons (Fsp3) is 0.250. The molecule has 6 nitrogen and oxygen atoms in total. The van der Waals surface area contributed by atoms with E-state index in [1.807, 2.05) is 31.2 Å². The zero-order valence-electron chi connectivity index (χ0n) is 15.3. The number of aryl methyl sites for hydroxylation is 1. The van der Waals surface area contributed by atoms with Crippen LogP contribution in [0.3, 0.4) is 0 Å². The summed E-state index contributed by atoms with van der Waals surface area (Å²) in [6.07, 6.45) is -0.673. The van der Waals surface area contributed by atoms with Crippen LogP contribution in [-0.4, -0.2) is 34.1 Å². The average molecular weight is 386 g/mol. The fourth-order valence-corrected chi connectivity index (χ4v) is 2.71. The van der Waals surface area contributed by atoms with Crippen molar-refractivity contribution in [2.24, 2.45) is 0 Å². The van der Waals surface area contributed by atoms with Crippen LogP contribution in [0.4, 0.5) is 0 Å². The second-order valence-electron chi connectivity index (χ2n) is 6.29. The van der Waals surface area contributed by atoms with Gasteiger partial charge in [0.05, 0.1) is 6.54 Å². The SMILES string of the molecule is Cc1ccc(-c2noc(CN(C)C(=O)C(C)Oc3cccc(Cl)c3)n2)cc1. The van der Waals surface area contributed by atoms with Crippen molar-refractivity contribution >= 4 is 17.5 Å². The molecule has 1 aromatic heterocycles. The van der Waals surface area contributed by atoms with E-state index in [0.29, 0.717) is 22.5 Å². The highest BCUT2D eigenvalue weighted by Crippen LogP contribution is 2.20. The van der Waals surface area contributed by atoms with Crippen LogP contribution in [0.15, 0.2) is 53.1 Å². The molecule has 27 heavy (non-hydrogen) atoms. The molecule has 0 aliphatic rings. The number of nitrogens with zero attached hydrogens (tertiary/aromatic N) is 3. The minimum Gasteiger partial charge on any atom is -0.481 e. The summed E-state index contributed by atoms with van der Waals surface area (Å²) >= 11 is 5.94. The normalized spacial score (nSPS) is 11.9. The first-order valence-electron chi connectivity index (χ1n) is 8.49. The monoisotopic (exact) mass is 385 g/mol. The Bertz CT molecular complexity index is 924. The molecule has 7 heteroatoms. The maximum absolute atomic E-state index is 12.5. The highest BCUT2D eigenvalue weighted by molar-refractivity contribution is 6.30. The van der Waals surface area contributed by atoms with Gasteiger partial charge in [-0.2, -0.15) is 4.98 Å². The Kier molecular flexibility index (Phi) is 5.76. The van der Waals surface area contributed by atoms with E-state index in [-0.39, 0.29) is 12.5 Å². The van der Waals surface area contributed by atoms with Gasteiger partial charge in [-0.1, -0.05) is 52.7 Å². The maximum atomic E-state index is 12.5. The van der Waals surface area contributed by atoms with Crippen LogP contribution in [0.5, 0.6) is 5.75 Å². The third-order valence-corrected chi connectivity index (χ3v) is 4.22. The van der Waals surface area contributed by atoms with Gasteiger partial charge in [-0.05, 0) is 32.0 Å². The number of carbonyl (C=O) groups is 1. The number of aromatic nitrogens is 2. The van der Waals surface area contributed by atoms with E-state index in [1.165, 1.54) is 4.90 Å². The first kappa shape index (κ1) is 18.9. The first-order valence-corrected chi connectivity index (χ1v) is 8.87. The smallest absolute Gasteiger partial charge is 0.263 e. The molecule has 1 heterocycles. The van der Waals surface area contributed by atoms with Crippen molar-refractivity contribution in [1.82, 2.24) is 15.0 Å². The summed E-state index contributed by atoms with van der Waals surface area (Å²) in [5, 5.41) is 4.53. The van der Waals surface area contributed by atoms with Crippen LogP contribution in [0.1, 0.15) is 18.4 Å². The Morgan fingerprint density at radius 3 is 2.70 bits per heavy atom. The Balaban J connectivity index is 1.61. The Labute approximate surface area is 162 Å². The minimum absolute atomic E-state index is 0.195. The van der Waals surface area contributed by atoms with Crippen molar-refractivity contribution in [1.29, 1.82) is 0 Å². The van der Waals surface area contributed by atoms with Gasteiger partial charge in [0, 0.05) is 17.6 Å². The molecular formula is C20H20ClN3O3. The second kappa shape index (κ2) is 8.22. The number of halogens is 1. The van der Waals surface area contributed by atoms with E-state index < -0.39 is 6.10 Å². The van der Waals surface area contributed by atoms with Gasteiger partial charge in [-0.25, -0.2) is 0 Å². The lowest BCUT2D eigenvalue weighted by Crippen LogP contribution is -2.37. The van der Waals surface area contributed by atoms with Crippen molar-refractivity contribution in [3.05, 3.63) is 65.0 Å². The third-order valence-electron chi connectivity index (χ3n) is 3.98. The molecule has 3 aromatic rings. The molecule has 0 aliphatic heterocycles. The van der Waals surface area contributed by atoms with Crippen LogP contribution in [0, 0.1) is 6.92 Å². The molecule has 0 spiro atoms. The molecule has 0 aliphatic carbocycles. The second-order valence-corrected chi connectivity index (χ2v) is 6.73. The lowest BCUT2D eigenvalue weighted by molar-refractivity contribution is -0.137. The number of benzene rings is 2. The van der Waals surface area contributed by atoms with E-state index in [0.717, 1.165) is 11.1 Å². The fourth-order valence-electron chi connectivity index (χ4n) is 2.52. The molecule has 0 saturated carbocycles. The molecule has 0 saturated heterocycles. The topological polar surface area (TPSA) is 68.5 Å². The number of ether oxygens (including phenoxy) is 1. The van der Waals surface area contributed by atoms with E-state index in [2.05, 4.69) is 10.1 Å². The summed E-state index contributed by atoms with van der Waals surface area (Å²) < 4.78 is 10.9. The van der Waals surface area contributed by atoms with Gasteiger partial charge in [0.25, 0.3) is 5.91 Å². The van der Waals surface area contributed by atoms with Crippen LogP contribution >= 0.6 is 11.6 Å². The summed E-state index contributed by atoms with van der Waals surface area (Å²) in [6, 6.07) is 14.8. The summed E-state index contributed by atoms with van der Waals surface area (Å²) in [7, 11) is 1.66. The largest absolute Gasteiger partial charge is 0.481 e. The first-order chi connectivity index (χ1) is 12.9. The standard InChI is InChI=1S/C20H20ClN3O3/c1-13-7-9-15(10-8-13)19-22-18(27-23-19)12-24(3)20(25)14(2)26-17-6-4-5-16(21)11-17/h4-11,14H,12H2,1-3H3. The maximum Gasteiger partial charge on any atom is 0.263 e. The lowest BCUT2D eigenvalue weighted by Gasteiger charge is -2.20. The predicted molar refractivity (Wildman–Crippen MR) is 102 cm³/mol. The third kappa shape index (κ3) is 4.86. The molecule has 0 radical (unpaired) electrons. The molecule has 2 aromatic carbocycles. The van der Waals surface area contributed by atoms with Crippen molar-refractivity contribution in [2.45, 2.75) is 26.5 Å². The lowest BCUT2D eigenvalue weighted by atomic mass is 10.1. The van der Waals surface area contributed by atoms with E-state index in [4.69, 9.17) is 20.9 Å². The molecule has 1 atom stereocenters. The zero-order valence-corrected chi connectivity index (χ0v) is 16.1. The van der Waals surface area contributed by atoms with Gasteiger partial charge in [0.2, 0.25) is 11.7 Å². The van der Waals surface area contributed by atoms with Gasteiger partial charge in [0.1, 0.15) is 5.75 Å². The van der Waals surface area contributed by atoms with Gasteiger partial charge in [-0.3, -0.25) is 4.79 Å². The Morgan fingerprint density at radius 2 is 2.00 bits per heavy atom.